The lowest BCUT2D eigenvalue weighted by Gasteiger charge is -1.97. The number of amides is 1. The number of nitrogens with one attached hydrogen (secondary N) is 1. The Morgan fingerprint density at radius 3 is 2.79 bits per heavy atom. The Morgan fingerprint density at radius 2 is 2.11 bits per heavy atom. The molecule has 0 aliphatic rings. The van der Waals surface area contributed by atoms with Crippen LogP contribution in [0.4, 0.5) is 4.79 Å². The number of nitrogens with zero attached hydrogens (tertiary/aromatic N) is 3. The first-order valence-corrected chi connectivity index (χ1v) is 5.79. The van der Waals surface area contributed by atoms with E-state index in [4.69, 9.17) is 5.73 Å². The fourth-order valence-corrected chi connectivity index (χ4v) is 1.90. The number of rotatable bonds is 1. The van der Waals surface area contributed by atoms with Crippen molar-refractivity contribution in [3.63, 3.8) is 0 Å². The Kier molecular flexibility index (Phi) is 2.38. The molecule has 0 fully saturated rings. The number of fused-ring (bicyclic) bond motifs is 1. The Labute approximate surface area is 109 Å². The van der Waals surface area contributed by atoms with Gasteiger partial charge < -0.3 is 10.7 Å². The minimum Gasteiger partial charge on any atom is -0.350 e. The topological polar surface area (TPSA) is 89.6 Å². The highest BCUT2D eigenvalue weighted by Gasteiger charge is 2.11. The molecule has 0 bridgehead atoms. The van der Waals surface area contributed by atoms with Crippen LogP contribution in [-0.2, 0) is 0 Å². The summed E-state index contributed by atoms with van der Waals surface area (Å²) < 4.78 is 1.03. The number of primary amides is 1. The van der Waals surface area contributed by atoms with Gasteiger partial charge in [-0.15, -0.1) is 0 Å². The zero-order chi connectivity index (χ0) is 13.6. The third-order valence-corrected chi connectivity index (χ3v) is 3.08. The van der Waals surface area contributed by atoms with Crippen molar-refractivity contribution < 1.29 is 4.79 Å². The van der Waals surface area contributed by atoms with Crippen LogP contribution in [0.2, 0.25) is 0 Å². The predicted octanol–water partition coefficient (Wildman–Crippen LogP) is 1.77. The van der Waals surface area contributed by atoms with Gasteiger partial charge in [0, 0.05) is 12.3 Å². The maximum Gasteiger partial charge on any atom is 0.339 e. The summed E-state index contributed by atoms with van der Waals surface area (Å²) in [6.45, 7) is 4.08. The van der Waals surface area contributed by atoms with Crippen LogP contribution in [0.25, 0.3) is 22.6 Å². The van der Waals surface area contributed by atoms with Crippen LogP contribution < -0.4 is 5.73 Å². The SMILES string of the molecule is Cc1cc2nc(-c3[c]cn(C(N)=O)n3)[nH]c2cc1C. The molecule has 0 saturated heterocycles. The monoisotopic (exact) mass is 254 g/mol. The van der Waals surface area contributed by atoms with Crippen molar-refractivity contribution >= 4 is 17.1 Å². The van der Waals surface area contributed by atoms with E-state index in [2.05, 4.69) is 21.1 Å². The molecule has 0 atom stereocenters. The fourth-order valence-electron chi connectivity index (χ4n) is 1.90. The molecule has 6 heteroatoms. The highest BCUT2D eigenvalue weighted by atomic mass is 16.2. The van der Waals surface area contributed by atoms with E-state index in [0.29, 0.717) is 11.5 Å². The van der Waals surface area contributed by atoms with Gasteiger partial charge in [0.15, 0.2) is 5.82 Å². The maximum absolute atomic E-state index is 11.0. The summed E-state index contributed by atoms with van der Waals surface area (Å²) in [5.74, 6) is 0.569. The van der Waals surface area contributed by atoms with Crippen molar-refractivity contribution in [1.29, 1.82) is 0 Å². The molecule has 0 aliphatic heterocycles. The average Bonchev–Trinajstić information content (AvgIpc) is 2.95. The molecule has 3 rings (SSSR count). The molecule has 0 aliphatic carbocycles. The molecule has 2 aromatic heterocycles. The summed E-state index contributed by atoms with van der Waals surface area (Å²) >= 11 is 0. The first kappa shape index (κ1) is 11.5. The standard InChI is InChI=1S/C13H12N5O/c1-7-5-10-11(6-8(7)2)16-12(15-10)9-3-4-18(17-9)13(14)19/h4-6H,1-2H3,(H2,14,19)(H,15,16). The van der Waals surface area contributed by atoms with Crippen LogP contribution in [0.15, 0.2) is 18.3 Å². The van der Waals surface area contributed by atoms with Crippen molar-refractivity contribution in [2.24, 2.45) is 5.73 Å². The second-order valence-corrected chi connectivity index (χ2v) is 4.44. The minimum atomic E-state index is -0.648. The second-order valence-electron chi connectivity index (χ2n) is 4.44. The number of nitrogens with two attached hydrogens (primary N) is 1. The molecule has 3 N–H and O–H groups in total. The average molecular weight is 254 g/mol. The van der Waals surface area contributed by atoms with E-state index in [0.717, 1.165) is 15.7 Å². The molecule has 0 spiro atoms. The number of aromatic nitrogens is 4. The van der Waals surface area contributed by atoms with Gasteiger partial charge in [-0.25, -0.2) is 9.78 Å². The van der Waals surface area contributed by atoms with Crippen LogP contribution in [0, 0.1) is 19.9 Å². The fraction of sp³-hybridized carbons (Fsp3) is 0.154. The molecular weight excluding hydrogens is 242 g/mol. The third kappa shape index (κ3) is 1.87. The van der Waals surface area contributed by atoms with Gasteiger partial charge in [-0.3, -0.25) is 0 Å². The van der Waals surface area contributed by atoms with Crippen LogP contribution >= 0.6 is 0 Å². The van der Waals surface area contributed by atoms with Crippen LogP contribution in [0.5, 0.6) is 0 Å². The molecule has 1 amide bonds. The number of benzene rings is 1. The van der Waals surface area contributed by atoms with Gasteiger partial charge in [0.25, 0.3) is 0 Å². The first-order valence-electron chi connectivity index (χ1n) is 5.79. The molecule has 0 saturated carbocycles. The summed E-state index contributed by atoms with van der Waals surface area (Å²) in [7, 11) is 0. The number of hydrogen-bond donors (Lipinski definition) is 2. The van der Waals surface area contributed by atoms with Crippen molar-refractivity contribution in [1.82, 2.24) is 19.7 Å². The Bertz CT molecular complexity index is 745. The van der Waals surface area contributed by atoms with Crippen LogP contribution in [-0.4, -0.2) is 25.8 Å². The molecule has 0 unspecified atom stereocenters. The normalized spacial score (nSPS) is 11.1. The summed E-state index contributed by atoms with van der Waals surface area (Å²) in [6.07, 6.45) is 1.39. The van der Waals surface area contributed by atoms with E-state index >= 15 is 0 Å². The van der Waals surface area contributed by atoms with Gasteiger partial charge in [0.2, 0.25) is 0 Å². The lowest BCUT2D eigenvalue weighted by atomic mass is 10.1. The summed E-state index contributed by atoms with van der Waals surface area (Å²) in [5, 5.41) is 4.01. The van der Waals surface area contributed by atoms with Crippen molar-refractivity contribution in [2.45, 2.75) is 13.8 Å². The third-order valence-electron chi connectivity index (χ3n) is 3.08. The molecule has 19 heavy (non-hydrogen) atoms. The number of carbonyl (C=O) groups is 1. The van der Waals surface area contributed by atoms with Gasteiger partial charge in [0.1, 0.15) is 5.69 Å². The van der Waals surface area contributed by atoms with Gasteiger partial charge in [-0.05, 0) is 37.1 Å². The van der Waals surface area contributed by atoms with Crippen LogP contribution in [0.3, 0.4) is 0 Å². The van der Waals surface area contributed by atoms with Crippen molar-refractivity contribution in [2.75, 3.05) is 0 Å². The quantitative estimate of drug-likeness (QED) is 0.693. The molecule has 6 nitrogen and oxygen atoms in total. The molecule has 3 aromatic rings. The van der Waals surface area contributed by atoms with E-state index < -0.39 is 6.03 Å². The zero-order valence-electron chi connectivity index (χ0n) is 10.6. The number of aryl methyl sites for hydroxylation is 2. The molecular formula is C13H12N5O. The number of aromatic amines is 1. The summed E-state index contributed by atoms with van der Waals surface area (Å²) in [6, 6.07) is 6.25. The Hall–Kier alpha value is -2.63. The Morgan fingerprint density at radius 1 is 1.37 bits per heavy atom. The van der Waals surface area contributed by atoms with Crippen molar-refractivity contribution in [3.8, 4) is 11.5 Å². The summed E-state index contributed by atoms with van der Waals surface area (Å²) in [5.41, 5.74) is 9.75. The first-order chi connectivity index (χ1) is 9.04. The van der Waals surface area contributed by atoms with Crippen molar-refractivity contribution in [3.05, 3.63) is 35.5 Å². The van der Waals surface area contributed by atoms with Gasteiger partial charge in [-0.1, -0.05) is 0 Å². The summed E-state index contributed by atoms with van der Waals surface area (Å²) in [4.78, 5) is 18.6. The molecule has 95 valence electrons. The largest absolute Gasteiger partial charge is 0.350 e. The minimum absolute atomic E-state index is 0.463. The van der Waals surface area contributed by atoms with Crippen LogP contribution in [0.1, 0.15) is 11.1 Å². The lowest BCUT2D eigenvalue weighted by molar-refractivity contribution is 0.248. The van der Waals surface area contributed by atoms with Gasteiger partial charge in [0.05, 0.1) is 11.0 Å². The van der Waals surface area contributed by atoms with E-state index in [1.807, 2.05) is 26.0 Å². The zero-order valence-corrected chi connectivity index (χ0v) is 10.6. The van der Waals surface area contributed by atoms with E-state index in [1.165, 1.54) is 17.3 Å². The molecule has 2 heterocycles. The second kappa shape index (κ2) is 3.94. The van der Waals surface area contributed by atoms with E-state index in [-0.39, 0.29) is 0 Å². The highest BCUT2D eigenvalue weighted by molar-refractivity contribution is 5.80. The molecule has 1 radical (unpaired) electrons. The van der Waals surface area contributed by atoms with Gasteiger partial charge >= 0.3 is 6.03 Å². The number of carbonyl (C=O) groups excluding carboxylic acids is 1. The van der Waals surface area contributed by atoms with Gasteiger partial charge in [-0.2, -0.15) is 9.78 Å². The molecule has 1 aromatic carbocycles. The number of H-pyrrole nitrogens is 1. The van der Waals surface area contributed by atoms with E-state index in [9.17, 15) is 4.79 Å². The smallest absolute Gasteiger partial charge is 0.339 e. The maximum atomic E-state index is 11.0. The van der Waals surface area contributed by atoms with E-state index in [1.54, 1.807) is 0 Å². The number of hydrogen-bond acceptors (Lipinski definition) is 3. The predicted molar refractivity (Wildman–Crippen MR) is 70.6 cm³/mol. The highest BCUT2D eigenvalue weighted by Crippen LogP contribution is 2.21. The lowest BCUT2D eigenvalue weighted by Crippen LogP contribution is -2.19. The number of imidazole rings is 1. The Balaban J connectivity index is 2.12.